The van der Waals surface area contributed by atoms with E-state index >= 15 is 0 Å². The van der Waals surface area contributed by atoms with Crippen LogP contribution in [0.25, 0.3) is 0 Å². The van der Waals surface area contributed by atoms with Gasteiger partial charge in [0.2, 0.25) is 0 Å². The summed E-state index contributed by atoms with van der Waals surface area (Å²) in [5.74, 6) is 0. The molecule has 0 amide bonds. The molecule has 98 valence electrons. The number of halogens is 1. The number of nitro groups is 1. The van der Waals surface area contributed by atoms with Crippen LogP contribution in [-0.2, 0) is 0 Å². The van der Waals surface area contributed by atoms with E-state index in [9.17, 15) is 10.1 Å². The predicted octanol–water partition coefficient (Wildman–Crippen LogP) is 4.55. The summed E-state index contributed by atoms with van der Waals surface area (Å²) in [5.41, 5.74) is 0.630. The van der Waals surface area contributed by atoms with Gasteiger partial charge in [-0.15, -0.1) is 0 Å². The zero-order valence-corrected chi connectivity index (χ0v) is 12.5. The Hall–Kier alpha value is -1.53. The number of benzene rings is 2. The van der Waals surface area contributed by atoms with Crippen LogP contribution in [-0.4, -0.2) is 12.0 Å². The number of para-hydroxylation sites is 1. The van der Waals surface area contributed by atoms with Crippen molar-refractivity contribution in [3.05, 3.63) is 57.1 Å². The van der Waals surface area contributed by atoms with E-state index in [4.69, 9.17) is 0 Å². The van der Waals surface area contributed by atoms with E-state index in [1.807, 2.05) is 24.3 Å². The highest BCUT2D eigenvalue weighted by Gasteiger charge is 2.19. The molecule has 0 saturated heterocycles. The van der Waals surface area contributed by atoms with E-state index in [1.54, 1.807) is 25.2 Å². The Morgan fingerprint density at radius 3 is 2.47 bits per heavy atom. The fourth-order valence-electron chi connectivity index (χ4n) is 1.62. The molecule has 0 radical (unpaired) electrons. The first kappa shape index (κ1) is 13.9. The Morgan fingerprint density at radius 1 is 1.21 bits per heavy atom. The van der Waals surface area contributed by atoms with Gasteiger partial charge >= 0.3 is 5.69 Å². The van der Waals surface area contributed by atoms with E-state index in [1.165, 1.54) is 11.8 Å². The fraction of sp³-hybridized carbons (Fsp3) is 0.0769. The lowest BCUT2D eigenvalue weighted by molar-refractivity contribution is -0.386. The maximum absolute atomic E-state index is 11.2. The summed E-state index contributed by atoms with van der Waals surface area (Å²) in [6.07, 6.45) is 0. The molecule has 0 saturated carbocycles. The van der Waals surface area contributed by atoms with Crippen LogP contribution in [0.1, 0.15) is 0 Å². The molecule has 0 fully saturated rings. The number of rotatable bonds is 4. The zero-order chi connectivity index (χ0) is 13.8. The van der Waals surface area contributed by atoms with Gasteiger partial charge in [0.25, 0.3) is 0 Å². The normalized spacial score (nSPS) is 10.2. The average molecular weight is 339 g/mol. The molecule has 2 aromatic carbocycles. The number of hydrogen-bond acceptors (Lipinski definition) is 4. The lowest BCUT2D eigenvalue weighted by Crippen LogP contribution is -1.97. The van der Waals surface area contributed by atoms with E-state index in [-0.39, 0.29) is 10.6 Å². The molecule has 0 aliphatic carbocycles. The summed E-state index contributed by atoms with van der Waals surface area (Å²) in [4.78, 5) is 12.4. The van der Waals surface area contributed by atoms with Crippen LogP contribution < -0.4 is 5.32 Å². The lowest BCUT2D eigenvalue weighted by atomic mass is 10.2. The van der Waals surface area contributed by atoms with Gasteiger partial charge in [-0.2, -0.15) is 0 Å². The lowest BCUT2D eigenvalue weighted by Gasteiger charge is -2.07. The van der Waals surface area contributed by atoms with E-state index in [0.29, 0.717) is 10.6 Å². The van der Waals surface area contributed by atoms with E-state index < -0.39 is 0 Å². The van der Waals surface area contributed by atoms with E-state index in [0.717, 1.165) is 9.37 Å². The highest BCUT2D eigenvalue weighted by Crippen LogP contribution is 2.39. The average Bonchev–Trinajstić information content (AvgIpc) is 2.40. The minimum absolute atomic E-state index is 0.109. The first-order valence-electron chi connectivity index (χ1n) is 5.50. The molecule has 2 aromatic rings. The number of nitro benzene ring substituents is 1. The molecular formula is C13H11BrN2O2S. The minimum Gasteiger partial charge on any atom is -0.383 e. The van der Waals surface area contributed by atoms with Gasteiger partial charge in [0.15, 0.2) is 0 Å². The van der Waals surface area contributed by atoms with Crippen molar-refractivity contribution >= 4 is 39.1 Å². The highest BCUT2D eigenvalue weighted by atomic mass is 79.9. The van der Waals surface area contributed by atoms with Crippen molar-refractivity contribution < 1.29 is 4.92 Å². The second kappa shape index (κ2) is 6.08. The molecule has 0 heterocycles. The summed E-state index contributed by atoms with van der Waals surface area (Å²) in [6, 6.07) is 12.9. The van der Waals surface area contributed by atoms with Crippen molar-refractivity contribution in [2.45, 2.75) is 9.79 Å². The SMILES string of the molecule is CNc1cccc(Sc2ccc(Br)cc2)c1[N+](=O)[O-]. The van der Waals surface area contributed by atoms with Crippen LogP contribution in [0.15, 0.2) is 56.7 Å². The van der Waals surface area contributed by atoms with Gasteiger partial charge in [0.1, 0.15) is 5.69 Å². The van der Waals surface area contributed by atoms with Gasteiger partial charge in [0, 0.05) is 16.4 Å². The maximum atomic E-state index is 11.2. The minimum atomic E-state index is -0.354. The van der Waals surface area contributed by atoms with Crippen molar-refractivity contribution in [2.24, 2.45) is 0 Å². The Labute approximate surface area is 123 Å². The van der Waals surface area contributed by atoms with Crippen LogP contribution >= 0.6 is 27.7 Å². The molecule has 0 atom stereocenters. The Morgan fingerprint density at radius 2 is 1.89 bits per heavy atom. The molecule has 0 aromatic heterocycles. The van der Waals surface area contributed by atoms with Crippen molar-refractivity contribution in [2.75, 3.05) is 12.4 Å². The number of nitrogens with one attached hydrogen (secondary N) is 1. The van der Waals surface area contributed by atoms with Crippen LogP contribution in [0.5, 0.6) is 0 Å². The van der Waals surface area contributed by atoms with Gasteiger partial charge in [-0.05, 0) is 36.4 Å². The summed E-state index contributed by atoms with van der Waals surface area (Å²) >= 11 is 4.74. The molecule has 19 heavy (non-hydrogen) atoms. The first-order valence-corrected chi connectivity index (χ1v) is 7.11. The van der Waals surface area contributed by atoms with Crippen LogP contribution in [0.4, 0.5) is 11.4 Å². The third-order valence-corrected chi connectivity index (χ3v) is 4.08. The van der Waals surface area contributed by atoms with Crippen LogP contribution in [0.3, 0.4) is 0 Å². The Bertz CT molecular complexity index is 602. The Kier molecular flexibility index (Phi) is 4.44. The second-order valence-corrected chi connectivity index (χ2v) is 5.75. The first-order chi connectivity index (χ1) is 9.11. The summed E-state index contributed by atoms with van der Waals surface area (Å²) in [7, 11) is 1.68. The fourth-order valence-corrected chi connectivity index (χ4v) is 2.84. The van der Waals surface area contributed by atoms with Crippen LogP contribution in [0, 0.1) is 10.1 Å². The summed E-state index contributed by atoms with van der Waals surface area (Å²) < 4.78 is 0.982. The van der Waals surface area contributed by atoms with Crippen molar-refractivity contribution in [3.8, 4) is 0 Å². The maximum Gasteiger partial charge on any atom is 0.306 e. The molecule has 4 nitrogen and oxygen atoms in total. The van der Waals surface area contributed by atoms with Crippen molar-refractivity contribution in [3.63, 3.8) is 0 Å². The molecular weight excluding hydrogens is 328 g/mol. The molecule has 0 aliphatic heterocycles. The molecule has 0 bridgehead atoms. The molecule has 0 spiro atoms. The molecule has 0 unspecified atom stereocenters. The summed E-state index contributed by atoms with van der Waals surface area (Å²) in [5, 5.41) is 14.0. The topological polar surface area (TPSA) is 55.2 Å². The molecule has 6 heteroatoms. The van der Waals surface area contributed by atoms with Gasteiger partial charge < -0.3 is 5.32 Å². The third-order valence-electron chi connectivity index (χ3n) is 2.49. The molecule has 0 aliphatic rings. The van der Waals surface area contributed by atoms with Crippen LogP contribution in [0.2, 0.25) is 0 Å². The number of hydrogen-bond donors (Lipinski definition) is 1. The third kappa shape index (κ3) is 3.27. The number of nitrogens with zero attached hydrogens (tertiary/aromatic N) is 1. The zero-order valence-electron chi connectivity index (χ0n) is 10.1. The molecule has 1 N–H and O–H groups in total. The van der Waals surface area contributed by atoms with Crippen molar-refractivity contribution in [1.82, 2.24) is 0 Å². The Balaban J connectivity index is 2.39. The summed E-state index contributed by atoms with van der Waals surface area (Å²) in [6.45, 7) is 0. The van der Waals surface area contributed by atoms with Gasteiger partial charge in [-0.3, -0.25) is 10.1 Å². The quantitative estimate of drug-likeness (QED) is 0.656. The second-order valence-electron chi connectivity index (χ2n) is 3.72. The van der Waals surface area contributed by atoms with Gasteiger partial charge in [0.05, 0.1) is 9.82 Å². The number of anilines is 1. The predicted molar refractivity (Wildman–Crippen MR) is 80.9 cm³/mol. The monoisotopic (exact) mass is 338 g/mol. The standard InChI is InChI=1S/C13H11BrN2O2S/c1-15-11-3-2-4-12(13(11)16(17)18)19-10-7-5-9(14)6-8-10/h2-8,15H,1H3. The van der Waals surface area contributed by atoms with Gasteiger partial charge in [-0.1, -0.05) is 33.8 Å². The molecule has 2 rings (SSSR count). The van der Waals surface area contributed by atoms with Gasteiger partial charge in [-0.25, -0.2) is 0 Å². The van der Waals surface area contributed by atoms with Crippen molar-refractivity contribution in [1.29, 1.82) is 0 Å². The van der Waals surface area contributed by atoms with E-state index in [2.05, 4.69) is 21.2 Å². The largest absolute Gasteiger partial charge is 0.383 e. The smallest absolute Gasteiger partial charge is 0.306 e. The highest BCUT2D eigenvalue weighted by molar-refractivity contribution is 9.10.